The number of allylic oxidation sites excluding steroid dienone is 4. The Hall–Kier alpha value is -2.25. The molecule has 0 radical (unpaired) electrons. The molecule has 2 saturated carbocycles. The van der Waals surface area contributed by atoms with Crippen LogP contribution in [0.15, 0.2) is 34.9 Å². The van der Waals surface area contributed by atoms with Crippen molar-refractivity contribution in [2.45, 2.75) is 83.7 Å². The average molecular weight is 451 g/mol. The van der Waals surface area contributed by atoms with Crippen LogP contribution in [0.2, 0.25) is 0 Å². The molecule has 5 rings (SSSR count). The van der Waals surface area contributed by atoms with Crippen LogP contribution < -0.4 is 0 Å². The van der Waals surface area contributed by atoms with Crippen LogP contribution in [-0.2, 0) is 11.2 Å². The molecule has 1 N–H and O–H groups in total. The minimum absolute atomic E-state index is 0.122. The van der Waals surface area contributed by atoms with Gasteiger partial charge in [0, 0.05) is 23.3 Å². The largest absolute Gasteiger partial charge is 0.377 e. The molecule has 4 heteroatoms. The maximum absolute atomic E-state index is 15.5. The lowest BCUT2D eigenvalue weighted by atomic mass is 9.51. The fourth-order valence-electron chi connectivity index (χ4n) is 7.51. The third kappa shape index (κ3) is 3.27. The summed E-state index contributed by atoms with van der Waals surface area (Å²) in [5, 5.41) is 11.7. The van der Waals surface area contributed by atoms with E-state index in [-0.39, 0.29) is 23.2 Å². The highest BCUT2D eigenvalue weighted by molar-refractivity contribution is 5.93. The highest BCUT2D eigenvalue weighted by atomic mass is 19.1. The van der Waals surface area contributed by atoms with Gasteiger partial charge in [-0.3, -0.25) is 4.79 Å². The number of aliphatic hydroxyl groups is 1. The molecule has 0 aliphatic heterocycles. The summed E-state index contributed by atoms with van der Waals surface area (Å²) in [4.78, 5) is 12.1. The van der Waals surface area contributed by atoms with E-state index < -0.39 is 28.6 Å². The van der Waals surface area contributed by atoms with Crippen LogP contribution in [0.5, 0.6) is 0 Å². The number of fused-ring (bicyclic) bond motifs is 4. The topological polar surface area (TPSA) is 37.3 Å². The van der Waals surface area contributed by atoms with Gasteiger partial charge in [-0.25, -0.2) is 8.78 Å². The molecule has 0 saturated heterocycles. The summed E-state index contributed by atoms with van der Waals surface area (Å²) in [6, 6.07) is 2.92. The van der Waals surface area contributed by atoms with Gasteiger partial charge in [-0.2, -0.15) is 0 Å². The van der Waals surface area contributed by atoms with E-state index in [9.17, 15) is 9.90 Å². The van der Waals surface area contributed by atoms with Gasteiger partial charge in [0.05, 0.1) is 0 Å². The summed E-state index contributed by atoms with van der Waals surface area (Å²) in [6.45, 7) is 5.71. The Morgan fingerprint density at radius 2 is 1.88 bits per heavy atom. The van der Waals surface area contributed by atoms with E-state index in [1.165, 1.54) is 12.1 Å². The molecule has 0 spiro atoms. The van der Waals surface area contributed by atoms with Crippen LogP contribution in [0.4, 0.5) is 8.78 Å². The molecule has 1 aromatic rings. The van der Waals surface area contributed by atoms with Crippen LogP contribution >= 0.6 is 0 Å². The summed E-state index contributed by atoms with van der Waals surface area (Å²) < 4.78 is 31.0. The molecule has 174 valence electrons. The summed E-state index contributed by atoms with van der Waals surface area (Å²) in [5.74, 6) is 5.03. The Labute approximate surface area is 195 Å². The van der Waals surface area contributed by atoms with Gasteiger partial charge < -0.3 is 5.11 Å². The Morgan fingerprint density at radius 1 is 1.15 bits per heavy atom. The molecule has 0 amide bonds. The van der Waals surface area contributed by atoms with Crippen molar-refractivity contribution in [3.63, 3.8) is 0 Å². The van der Waals surface area contributed by atoms with Crippen LogP contribution in [0.3, 0.4) is 0 Å². The number of ketones is 1. The van der Waals surface area contributed by atoms with Crippen molar-refractivity contribution in [1.29, 1.82) is 0 Å². The first-order valence-corrected chi connectivity index (χ1v) is 12.3. The van der Waals surface area contributed by atoms with Gasteiger partial charge in [0.15, 0.2) is 5.78 Å². The maximum Gasteiger partial charge on any atom is 0.156 e. The van der Waals surface area contributed by atoms with Gasteiger partial charge in [0.2, 0.25) is 0 Å². The van der Waals surface area contributed by atoms with Crippen molar-refractivity contribution in [3.8, 4) is 11.8 Å². The zero-order valence-corrected chi connectivity index (χ0v) is 19.7. The number of halogens is 2. The fraction of sp³-hybridized carbons (Fsp3) is 0.552. The molecule has 1 aromatic carbocycles. The second-order valence-corrected chi connectivity index (χ2v) is 10.6. The highest BCUT2D eigenvalue weighted by Crippen LogP contribution is 2.66. The van der Waals surface area contributed by atoms with E-state index in [0.29, 0.717) is 37.7 Å². The lowest BCUT2D eigenvalue weighted by Gasteiger charge is -2.53. The number of carbonyl (C=O) groups is 1. The zero-order valence-electron chi connectivity index (χ0n) is 19.7. The van der Waals surface area contributed by atoms with Crippen molar-refractivity contribution < 1.29 is 18.7 Å². The summed E-state index contributed by atoms with van der Waals surface area (Å²) in [7, 11) is 0. The first-order chi connectivity index (χ1) is 15.7. The van der Waals surface area contributed by atoms with Gasteiger partial charge in [0.1, 0.15) is 17.2 Å². The van der Waals surface area contributed by atoms with Crippen LogP contribution in [-0.4, -0.2) is 16.5 Å². The third-order valence-electron chi connectivity index (χ3n) is 9.11. The van der Waals surface area contributed by atoms with Crippen molar-refractivity contribution in [3.05, 3.63) is 57.7 Å². The van der Waals surface area contributed by atoms with Gasteiger partial charge in [-0.05, 0) is 98.6 Å². The molecular formula is C29H32F2O2. The second-order valence-electron chi connectivity index (χ2n) is 10.6. The van der Waals surface area contributed by atoms with Crippen molar-refractivity contribution in [2.24, 2.45) is 17.3 Å². The summed E-state index contributed by atoms with van der Waals surface area (Å²) in [6.07, 6.45) is 6.98. The molecule has 4 aliphatic carbocycles. The lowest BCUT2D eigenvalue weighted by Crippen LogP contribution is -2.51. The van der Waals surface area contributed by atoms with Gasteiger partial charge in [-0.1, -0.05) is 25.3 Å². The molecule has 2 nitrogen and oxygen atoms in total. The minimum atomic E-state index is -1.16. The number of rotatable bonds is 2. The van der Waals surface area contributed by atoms with Crippen molar-refractivity contribution in [1.82, 2.24) is 0 Å². The number of benzene rings is 1. The maximum atomic E-state index is 15.5. The number of hydrogen-bond acceptors (Lipinski definition) is 2. The Bertz CT molecular complexity index is 1130. The summed E-state index contributed by atoms with van der Waals surface area (Å²) >= 11 is 0. The summed E-state index contributed by atoms with van der Waals surface area (Å²) in [5.41, 5.74) is 2.38. The quantitative estimate of drug-likeness (QED) is 0.546. The first kappa shape index (κ1) is 22.5. The number of hydrogen-bond donors (Lipinski definition) is 1. The van der Waals surface area contributed by atoms with E-state index in [0.717, 1.165) is 36.0 Å². The Kier molecular flexibility index (Phi) is 5.40. The molecule has 5 atom stereocenters. The Morgan fingerprint density at radius 3 is 2.55 bits per heavy atom. The second kappa shape index (κ2) is 7.91. The monoisotopic (exact) mass is 450 g/mol. The van der Waals surface area contributed by atoms with Crippen LogP contribution in [0.1, 0.15) is 82.8 Å². The number of aryl methyl sites for hydroxylation is 1. The average Bonchev–Trinajstić information content (AvgIpc) is 3.03. The van der Waals surface area contributed by atoms with Gasteiger partial charge in [-0.15, -0.1) is 5.92 Å². The fourth-order valence-corrected chi connectivity index (χ4v) is 7.51. The van der Waals surface area contributed by atoms with Crippen LogP contribution in [0, 0.1) is 40.7 Å². The normalized spacial score (nSPS) is 35.3. The van der Waals surface area contributed by atoms with E-state index in [4.69, 9.17) is 0 Å². The highest BCUT2D eigenvalue weighted by Gasteiger charge is 2.63. The third-order valence-corrected chi connectivity index (χ3v) is 9.11. The predicted molar refractivity (Wildman–Crippen MR) is 124 cm³/mol. The van der Waals surface area contributed by atoms with E-state index >= 15 is 8.78 Å². The van der Waals surface area contributed by atoms with Crippen molar-refractivity contribution in [2.75, 3.05) is 0 Å². The first-order valence-electron chi connectivity index (χ1n) is 12.3. The van der Waals surface area contributed by atoms with Crippen LogP contribution in [0.25, 0.3) is 0 Å². The van der Waals surface area contributed by atoms with E-state index in [2.05, 4.69) is 18.8 Å². The van der Waals surface area contributed by atoms with Crippen molar-refractivity contribution >= 4 is 5.78 Å². The molecular weight excluding hydrogens is 418 g/mol. The molecule has 0 bridgehead atoms. The standard InChI is InChI=1S/C29H32F2O2/c1-4-11-29(33)12-10-23-21-8-6-18-15-19(32)7-9-20(18)26(21)22(16-28(23,29)3)27-24(30)13-17(5-2)14-25(27)31/h13-15,21-23,33H,5-10,12,16H2,1-3H3/t21-,22-,23-,28-,29-/m0/s1. The molecule has 33 heavy (non-hydrogen) atoms. The molecule has 4 aliphatic rings. The van der Waals surface area contributed by atoms with E-state index in [1.54, 1.807) is 13.0 Å². The predicted octanol–water partition coefficient (Wildman–Crippen LogP) is 6.18. The number of carbonyl (C=O) groups excluding carboxylic acids is 1. The smallest absolute Gasteiger partial charge is 0.156 e. The molecule has 0 unspecified atom stereocenters. The van der Waals surface area contributed by atoms with Gasteiger partial charge >= 0.3 is 0 Å². The van der Waals surface area contributed by atoms with E-state index in [1.807, 2.05) is 6.92 Å². The minimum Gasteiger partial charge on any atom is -0.377 e. The lowest BCUT2D eigenvalue weighted by molar-refractivity contribution is -0.114. The molecule has 2 fully saturated rings. The Balaban J connectivity index is 1.74. The molecule has 0 heterocycles. The van der Waals surface area contributed by atoms with Gasteiger partial charge in [0.25, 0.3) is 0 Å². The zero-order chi connectivity index (χ0) is 23.5. The SMILES string of the molecule is CC#C[C@]1(O)CC[C@H]2[C@@H]3CCC4=CC(=O)CCC4=C3[C@@H](c3c(F)cc(CC)cc3F)C[C@@]21C. The molecule has 0 aromatic heterocycles.